The van der Waals surface area contributed by atoms with Crippen molar-refractivity contribution in [2.75, 3.05) is 17.6 Å². The van der Waals surface area contributed by atoms with E-state index >= 15 is 0 Å². The number of nitrogens with zero attached hydrogens (tertiary/aromatic N) is 4. The Labute approximate surface area is 108 Å². The van der Waals surface area contributed by atoms with E-state index < -0.39 is 11.6 Å². The first kappa shape index (κ1) is 12.8. The molecule has 0 unspecified atom stereocenters. The van der Waals surface area contributed by atoms with Gasteiger partial charge < -0.3 is 4.31 Å². The molecular weight excluding hydrogens is 258 g/mol. The van der Waals surface area contributed by atoms with Gasteiger partial charge in [0.15, 0.2) is 5.82 Å². The van der Waals surface area contributed by atoms with Crippen molar-refractivity contribution < 1.29 is 8.78 Å². The molecule has 0 atom stereocenters. The Bertz CT molecular complexity index is 523. The Morgan fingerprint density at radius 2 is 2.00 bits per heavy atom. The van der Waals surface area contributed by atoms with Gasteiger partial charge in [0, 0.05) is 31.1 Å². The zero-order chi connectivity index (χ0) is 13.1. The first-order chi connectivity index (χ1) is 8.61. The molecule has 0 amide bonds. The molecule has 0 saturated heterocycles. The number of anilines is 1. The van der Waals surface area contributed by atoms with Crippen LogP contribution < -0.4 is 4.31 Å². The van der Waals surface area contributed by atoms with Crippen LogP contribution in [0.5, 0.6) is 0 Å². The third-order valence-corrected chi connectivity index (χ3v) is 3.23. The molecule has 7 heteroatoms. The first-order valence-electron chi connectivity index (χ1n) is 5.21. The van der Waals surface area contributed by atoms with E-state index in [1.54, 1.807) is 12.3 Å². The third kappa shape index (κ3) is 2.61. The van der Waals surface area contributed by atoms with E-state index in [1.165, 1.54) is 16.6 Å². The van der Waals surface area contributed by atoms with Gasteiger partial charge in [-0.2, -0.15) is 5.10 Å². The van der Waals surface area contributed by atoms with E-state index in [0.29, 0.717) is 0 Å². The minimum absolute atomic E-state index is 0.0357. The lowest BCUT2D eigenvalue weighted by molar-refractivity contribution is 0.525. The largest absolute Gasteiger partial charge is 0.302 e. The van der Waals surface area contributed by atoms with Gasteiger partial charge in [-0.15, -0.1) is 0 Å². The number of hydrogen-bond donors (Lipinski definition) is 0. The highest BCUT2D eigenvalue weighted by Gasteiger charge is 2.11. The van der Waals surface area contributed by atoms with Crippen LogP contribution in [0.25, 0.3) is 0 Å². The van der Waals surface area contributed by atoms with Gasteiger partial charge in [-0.1, -0.05) is 11.9 Å². The second-order valence-corrected chi connectivity index (χ2v) is 4.55. The van der Waals surface area contributed by atoms with Crippen molar-refractivity contribution in [3.05, 3.63) is 41.9 Å². The lowest BCUT2D eigenvalue weighted by Gasteiger charge is -2.10. The lowest BCUT2D eigenvalue weighted by atomic mass is 10.2. The van der Waals surface area contributed by atoms with Gasteiger partial charge in [-0.25, -0.2) is 8.78 Å². The van der Waals surface area contributed by atoms with Gasteiger partial charge in [0.25, 0.3) is 0 Å². The predicted octanol–water partition coefficient (Wildman–Crippen LogP) is 2.32. The van der Waals surface area contributed by atoms with Gasteiger partial charge in [-0.3, -0.25) is 9.67 Å². The smallest absolute Gasteiger partial charge is 0.160 e. The normalized spacial score (nSPS) is 10.7. The maximum absolute atomic E-state index is 13.4. The highest BCUT2D eigenvalue weighted by Crippen LogP contribution is 2.17. The predicted molar refractivity (Wildman–Crippen MR) is 67.4 cm³/mol. The van der Waals surface area contributed by atoms with Crippen LogP contribution in [0.15, 0.2) is 24.7 Å². The summed E-state index contributed by atoms with van der Waals surface area (Å²) < 4.78 is 30.2. The van der Waals surface area contributed by atoms with Crippen molar-refractivity contribution in [2.45, 2.75) is 6.54 Å². The number of hydrogen-bond acceptors (Lipinski definition) is 4. The lowest BCUT2D eigenvalue weighted by Crippen LogP contribution is -2.09. The molecule has 96 valence electrons. The summed E-state index contributed by atoms with van der Waals surface area (Å²) in [6.07, 6.45) is 5.59. The highest BCUT2D eigenvalue weighted by molar-refractivity contribution is 7.99. The van der Waals surface area contributed by atoms with Crippen LogP contribution in [-0.4, -0.2) is 28.1 Å². The average Bonchev–Trinajstić information content (AvgIpc) is 2.81. The second kappa shape index (κ2) is 5.34. The van der Waals surface area contributed by atoms with Crippen molar-refractivity contribution in [2.24, 2.45) is 0 Å². The van der Waals surface area contributed by atoms with Gasteiger partial charge in [-0.05, 0) is 0 Å². The summed E-state index contributed by atoms with van der Waals surface area (Å²) in [5.74, 6) is -0.590. The molecule has 0 aliphatic carbocycles. The fourth-order valence-electron chi connectivity index (χ4n) is 1.45. The Kier molecular flexibility index (Phi) is 3.81. The zero-order valence-corrected chi connectivity index (χ0v) is 10.8. The monoisotopic (exact) mass is 270 g/mol. The molecule has 18 heavy (non-hydrogen) atoms. The van der Waals surface area contributed by atoms with Crippen LogP contribution >= 0.6 is 11.9 Å². The molecule has 2 aromatic rings. The molecule has 0 fully saturated rings. The Morgan fingerprint density at radius 3 is 2.61 bits per heavy atom. The van der Waals surface area contributed by atoms with E-state index in [0.717, 1.165) is 18.2 Å². The zero-order valence-electron chi connectivity index (χ0n) is 9.97. The Balaban J connectivity index is 2.21. The molecule has 2 aromatic heterocycles. The van der Waals surface area contributed by atoms with Crippen LogP contribution in [0.1, 0.15) is 5.56 Å². The minimum Gasteiger partial charge on any atom is -0.302 e. The molecule has 0 spiro atoms. The summed E-state index contributed by atoms with van der Waals surface area (Å²) in [4.78, 5) is 3.44. The highest BCUT2D eigenvalue weighted by atomic mass is 32.2. The van der Waals surface area contributed by atoms with Gasteiger partial charge in [0.2, 0.25) is 0 Å². The van der Waals surface area contributed by atoms with Crippen LogP contribution in [-0.2, 0) is 6.54 Å². The van der Waals surface area contributed by atoms with Crippen molar-refractivity contribution >= 4 is 17.8 Å². The number of rotatable bonds is 4. The van der Waals surface area contributed by atoms with Gasteiger partial charge >= 0.3 is 0 Å². The summed E-state index contributed by atoms with van der Waals surface area (Å²) in [5, 5.41) is 4.23. The quantitative estimate of drug-likeness (QED) is 0.798. The molecule has 0 aromatic carbocycles. The second-order valence-electron chi connectivity index (χ2n) is 3.63. The number of halogens is 2. The van der Waals surface area contributed by atoms with Crippen molar-refractivity contribution in [1.82, 2.24) is 14.8 Å². The van der Waals surface area contributed by atoms with E-state index in [1.807, 2.05) is 17.6 Å². The molecule has 2 heterocycles. The number of aromatic nitrogens is 3. The molecule has 0 aliphatic rings. The average molecular weight is 270 g/mol. The van der Waals surface area contributed by atoms with Crippen LogP contribution in [0.4, 0.5) is 14.6 Å². The fraction of sp³-hybridized carbons (Fsp3) is 0.273. The molecule has 4 nitrogen and oxygen atoms in total. The van der Waals surface area contributed by atoms with Crippen LogP contribution in [0, 0.1) is 11.6 Å². The summed E-state index contributed by atoms with van der Waals surface area (Å²) in [5.41, 5.74) is -0.0357. The van der Waals surface area contributed by atoms with Crippen molar-refractivity contribution in [1.29, 1.82) is 0 Å². The van der Waals surface area contributed by atoms with E-state index in [2.05, 4.69) is 10.1 Å². The van der Waals surface area contributed by atoms with E-state index in [-0.39, 0.29) is 12.1 Å². The molecular formula is C11H12F2N4S. The fourth-order valence-corrected chi connectivity index (χ4v) is 1.74. The standard InChI is InChI=1S/C11H12F2N4S/c1-16(18-2)11-3-4-17(15-11)7-8-9(12)5-14-6-10(8)13/h3-6H,7H2,1-2H3. The van der Waals surface area contributed by atoms with Crippen molar-refractivity contribution in [3.63, 3.8) is 0 Å². The number of pyridine rings is 1. The summed E-state index contributed by atoms with van der Waals surface area (Å²) in [7, 11) is 1.87. The van der Waals surface area contributed by atoms with Gasteiger partial charge in [0.05, 0.1) is 18.9 Å². The van der Waals surface area contributed by atoms with Crippen LogP contribution in [0.2, 0.25) is 0 Å². The summed E-state index contributed by atoms with van der Waals surface area (Å²) in [6.45, 7) is 0.0441. The van der Waals surface area contributed by atoms with E-state index in [9.17, 15) is 8.78 Å². The molecule has 0 bridgehead atoms. The molecule has 0 saturated carbocycles. The molecule has 0 radical (unpaired) electrons. The van der Waals surface area contributed by atoms with E-state index in [4.69, 9.17) is 0 Å². The maximum atomic E-state index is 13.4. The van der Waals surface area contributed by atoms with Gasteiger partial charge in [0.1, 0.15) is 11.6 Å². The summed E-state index contributed by atoms with van der Waals surface area (Å²) >= 11 is 1.50. The SMILES string of the molecule is CSN(C)c1ccn(Cc2c(F)cncc2F)n1. The summed E-state index contributed by atoms with van der Waals surface area (Å²) in [6, 6.07) is 1.79. The topological polar surface area (TPSA) is 34.0 Å². The molecule has 2 rings (SSSR count). The Morgan fingerprint density at radius 1 is 1.33 bits per heavy atom. The maximum Gasteiger partial charge on any atom is 0.160 e. The Hall–Kier alpha value is -1.63. The van der Waals surface area contributed by atoms with Crippen LogP contribution in [0.3, 0.4) is 0 Å². The molecule has 0 N–H and O–H groups in total. The van der Waals surface area contributed by atoms with Crippen molar-refractivity contribution in [3.8, 4) is 0 Å². The minimum atomic E-state index is -0.662. The third-order valence-electron chi connectivity index (χ3n) is 2.50. The first-order valence-corrected chi connectivity index (χ1v) is 6.39. The molecule has 0 aliphatic heterocycles.